The Labute approximate surface area is 142 Å². The maximum absolute atomic E-state index is 12.0. The van der Waals surface area contributed by atoms with E-state index in [1.165, 1.54) is 25.3 Å². The Balaban J connectivity index is 2.06. The molecule has 0 unspecified atom stereocenters. The fourth-order valence-corrected chi connectivity index (χ4v) is 2.40. The topological polar surface area (TPSA) is 66.4 Å². The van der Waals surface area contributed by atoms with Crippen molar-refractivity contribution >= 4 is 11.9 Å². The third-order valence-corrected chi connectivity index (χ3v) is 3.97. The van der Waals surface area contributed by atoms with Crippen molar-refractivity contribution in [2.24, 2.45) is 0 Å². The number of carbonyl (C=O) groups excluding carboxylic acids is 1. The molecule has 0 bridgehead atoms. The quantitative estimate of drug-likeness (QED) is 0.811. The summed E-state index contributed by atoms with van der Waals surface area (Å²) < 4.78 is 0. The minimum Gasteiger partial charge on any atom is -0.480 e. The van der Waals surface area contributed by atoms with Crippen LogP contribution in [0.1, 0.15) is 42.6 Å². The van der Waals surface area contributed by atoms with E-state index < -0.39 is 12.0 Å². The van der Waals surface area contributed by atoms with Gasteiger partial charge in [-0.05, 0) is 48.6 Å². The molecular formula is C20H23NO3. The molecule has 2 N–H and O–H groups in total. The highest BCUT2D eigenvalue weighted by Crippen LogP contribution is 2.21. The molecule has 0 heterocycles. The lowest BCUT2D eigenvalue weighted by atomic mass is 10.0. The standard InChI is InChI=1S/C20H23NO3/c1-3-4-5-15-6-8-16(9-7-15)17-10-12-18(13-11-17)19(22)21-14(2)20(23)24/h6-14H,3-5H2,1-2H3,(H,21,22)(H,23,24)/t14-/m1/s1. The molecule has 0 saturated heterocycles. The molecule has 126 valence electrons. The Morgan fingerprint density at radius 1 is 1.00 bits per heavy atom. The van der Waals surface area contributed by atoms with E-state index in [-0.39, 0.29) is 5.91 Å². The SMILES string of the molecule is CCCCc1ccc(-c2ccc(C(=O)N[C@H](C)C(=O)O)cc2)cc1. The van der Waals surface area contributed by atoms with E-state index in [4.69, 9.17) is 5.11 Å². The number of aryl methyl sites for hydroxylation is 1. The predicted octanol–water partition coefficient (Wildman–Crippen LogP) is 3.90. The number of hydrogen-bond donors (Lipinski definition) is 2. The van der Waals surface area contributed by atoms with Crippen molar-refractivity contribution in [1.29, 1.82) is 0 Å². The molecule has 4 heteroatoms. The van der Waals surface area contributed by atoms with E-state index in [2.05, 4.69) is 36.5 Å². The van der Waals surface area contributed by atoms with Crippen LogP contribution in [0.4, 0.5) is 0 Å². The van der Waals surface area contributed by atoms with Gasteiger partial charge in [0.1, 0.15) is 6.04 Å². The molecule has 24 heavy (non-hydrogen) atoms. The van der Waals surface area contributed by atoms with Gasteiger partial charge in [0.05, 0.1) is 0 Å². The Kier molecular flexibility index (Phi) is 6.13. The number of unbranched alkanes of at least 4 members (excludes halogenated alkanes) is 1. The zero-order valence-electron chi connectivity index (χ0n) is 14.1. The summed E-state index contributed by atoms with van der Waals surface area (Å²) in [6.45, 7) is 3.62. The highest BCUT2D eigenvalue weighted by atomic mass is 16.4. The summed E-state index contributed by atoms with van der Waals surface area (Å²) in [6, 6.07) is 14.7. The number of amides is 1. The van der Waals surface area contributed by atoms with E-state index in [9.17, 15) is 9.59 Å². The van der Waals surface area contributed by atoms with Crippen LogP contribution in [-0.4, -0.2) is 23.0 Å². The number of benzene rings is 2. The highest BCUT2D eigenvalue weighted by Gasteiger charge is 2.15. The van der Waals surface area contributed by atoms with Gasteiger partial charge in [0.2, 0.25) is 0 Å². The Bertz CT molecular complexity index is 690. The average Bonchev–Trinajstić information content (AvgIpc) is 2.60. The first-order valence-corrected chi connectivity index (χ1v) is 8.24. The highest BCUT2D eigenvalue weighted by molar-refractivity contribution is 5.96. The number of aliphatic carboxylic acids is 1. The summed E-state index contributed by atoms with van der Waals surface area (Å²) in [5.41, 5.74) is 3.91. The van der Waals surface area contributed by atoms with Crippen molar-refractivity contribution in [2.75, 3.05) is 0 Å². The Hall–Kier alpha value is -2.62. The molecule has 0 spiro atoms. The van der Waals surface area contributed by atoms with Gasteiger partial charge in [0, 0.05) is 5.56 Å². The first-order valence-electron chi connectivity index (χ1n) is 8.24. The number of hydrogen-bond acceptors (Lipinski definition) is 2. The number of carbonyl (C=O) groups is 2. The predicted molar refractivity (Wildman–Crippen MR) is 95.1 cm³/mol. The molecule has 2 rings (SSSR count). The summed E-state index contributed by atoms with van der Waals surface area (Å²) >= 11 is 0. The van der Waals surface area contributed by atoms with Gasteiger partial charge in [0.15, 0.2) is 0 Å². The van der Waals surface area contributed by atoms with Crippen LogP contribution in [0.5, 0.6) is 0 Å². The Morgan fingerprint density at radius 2 is 1.54 bits per heavy atom. The lowest BCUT2D eigenvalue weighted by molar-refractivity contribution is -0.138. The summed E-state index contributed by atoms with van der Waals surface area (Å²) in [5.74, 6) is -1.44. The third kappa shape index (κ3) is 4.69. The van der Waals surface area contributed by atoms with Gasteiger partial charge < -0.3 is 10.4 Å². The normalized spacial score (nSPS) is 11.8. The van der Waals surface area contributed by atoms with Crippen LogP contribution < -0.4 is 5.32 Å². The maximum Gasteiger partial charge on any atom is 0.325 e. The van der Waals surface area contributed by atoms with Crippen molar-refractivity contribution < 1.29 is 14.7 Å². The van der Waals surface area contributed by atoms with Gasteiger partial charge in [-0.25, -0.2) is 0 Å². The summed E-state index contributed by atoms with van der Waals surface area (Å²) in [7, 11) is 0. The van der Waals surface area contributed by atoms with Gasteiger partial charge in [0.25, 0.3) is 5.91 Å². The minimum absolute atomic E-state index is 0.383. The summed E-state index contributed by atoms with van der Waals surface area (Å²) in [4.78, 5) is 22.8. The molecule has 0 aliphatic heterocycles. The molecule has 0 saturated carbocycles. The second-order valence-corrected chi connectivity index (χ2v) is 5.91. The van der Waals surface area contributed by atoms with Gasteiger partial charge in [-0.15, -0.1) is 0 Å². The van der Waals surface area contributed by atoms with E-state index in [0.717, 1.165) is 17.5 Å². The summed E-state index contributed by atoms with van der Waals surface area (Å²) in [5, 5.41) is 11.3. The zero-order valence-corrected chi connectivity index (χ0v) is 14.1. The van der Waals surface area contributed by atoms with E-state index in [0.29, 0.717) is 5.56 Å². The fourth-order valence-electron chi connectivity index (χ4n) is 2.40. The van der Waals surface area contributed by atoms with Crippen molar-refractivity contribution in [3.05, 3.63) is 59.7 Å². The zero-order chi connectivity index (χ0) is 17.5. The smallest absolute Gasteiger partial charge is 0.325 e. The first-order chi connectivity index (χ1) is 11.5. The second-order valence-electron chi connectivity index (χ2n) is 5.91. The van der Waals surface area contributed by atoms with Gasteiger partial charge in [-0.2, -0.15) is 0 Å². The largest absolute Gasteiger partial charge is 0.480 e. The first kappa shape index (κ1) is 17.7. The van der Waals surface area contributed by atoms with Gasteiger partial charge in [-0.3, -0.25) is 9.59 Å². The van der Waals surface area contributed by atoms with Crippen LogP contribution in [0.15, 0.2) is 48.5 Å². The van der Waals surface area contributed by atoms with Crippen LogP contribution in [0.2, 0.25) is 0 Å². The molecule has 0 fully saturated rings. The lowest BCUT2D eigenvalue weighted by Crippen LogP contribution is -2.38. The fraction of sp³-hybridized carbons (Fsp3) is 0.300. The van der Waals surface area contributed by atoms with Gasteiger partial charge >= 0.3 is 5.97 Å². The summed E-state index contributed by atoms with van der Waals surface area (Å²) in [6.07, 6.45) is 3.47. The van der Waals surface area contributed by atoms with Crippen LogP contribution in [-0.2, 0) is 11.2 Å². The van der Waals surface area contributed by atoms with Crippen LogP contribution in [0.25, 0.3) is 11.1 Å². The maximum atomic E-state index is 12.0. The van der Waals surface area contributed by atoms with E-state index in [1.807, 2.05) is 12.1 Å². The average molecular weight is 325 g/mol. The second kappa shape index (κ2) is 8.29. The molecule has 1 amide bonds. The minimum atomic E-state index is -1.05. The van der Waals surface area contributed by atoms with Crippen LogP contribution in [0, 0.1) is 0 Å². The van der Waals surface area contributed by atoms with Crippen molar-refractivity contribution in [3.8, 4) is 11.1 Å². The monoisotopic (exact) mass is 325 g/mol. The lowest BCUT2D eigenvalue weighted by Gasteiger charge is -2.10. The molecule has 0 aliphatic carbocycles. The Morgan fingerprint density at radius 3 is 2.04 bits per heavy atom. The van der Waals surface area contributed by atoms with Crippen molar-refractivity contribution in [2.45, 2.75) is 39.2 Å². The van der Waals surface area contributed by atoms with Crippen LogP contribution >= 0.6 is 0 Å². The van der Waals surface area contributed by atoms with Crippen LogP contribution in [0.3, 0.4) is 0 Å². The molecule has 2 aromatic carbocycles. The molecule has 1 atom stereocenters. The van der Waals surface area contributed by atoms with E-state index >= 15 is 0 Å². The molecule has 0 radical (unpaired) electrons. The molecule has 4 nitrogen and oxygen atoms in total. The molecule has 2 aromatic rings. The molecule has 0 aliphatic rings. The van der Waals surface area contributed by atoms with E-state index in [1.54, 1.807) is 12.1 Å². The molecular weight excluding hydrogens is 302 g/mol. The molecule has 0 aromatic heterocycles. The van der Waals surface area contributed by atoms with Crippen molar-refractivity contribution in [1.82, 2.24) is 5.32 Å². The van der Waals surface area contributed by atoms with Crippen molar-refractivity contribution in [3.63, 3.8) is 0 Å². The number of nitrogens with one attached hydrogen (secondary N) is 1. The number of carboxylic acids is 1. The number of rotatable bonds is 7. The third-order valence-electron chi connectivity index (χ3n) is 3.97. The van der Waals surface area contributed by atoms with Gasteiger partial charge in [-0.1, -0.05) is 49.7 Å². The number of carboxylic acid groups (broad SMARTS) is 1.